The normalized spacial score (nSPS) is 15.1. The zero-order valence-electron chi connectivity index (χ0n) is 29.4. The molecule has 258 valence electrons. The Balaban J connectivity index is 1.21. The molecule has 0 fully saturated rings. The molecule has 5 heteroatoms. The minimum Gasteiger partial charge on any atom is -0.508 e. The van der Waals surface area contributed by atoms with Gasteiger partial charge in [0.05, 0.1) is 7.11 Å². The largest absolute Gasteiger partial charge is 0.508 e. The number of hydrogen-bond donors (Lipinski definition) is 1. The van der Waals surface area contributed by atoms with Gasteiger partial charge in [-0.05, 0) is 102 Å². The molecule has 1 N–H and O–H groups in total. The number of fused-ring (bicyclic) bond motifs is 9. The third-order valence-corrected chi connectivity index (χ3v) is 9.64. The summed E-state index contributed by atoms with van der Waals surface area (Å²) >= 11 is 0. The molecule has 2 aliphatic heterocycles. The first-order valence-corrected chi connectivity index (χ1v) is 18.3. The molecule has 0 aliphatic carbocycles. The number of ether oxygens (including phenoxy) is 3. The average molecular weight is 661 g/mol. The van der Waals surface area contributed by atoms with E-state index >= 15 is 0 Å². The van der Waals surface area contributed by atoms with Crippen LogP contribution in [0.2, 0.25) is 0 Å². The number of carbonyl (C=O) groups excluding carboxylic acids is 1. The Kier molecular flexibility index (Phi) is 13.9. The van der Waals surface area contributed by atoms with Gasteiger partial charge >= 0.3 is 0 Å². The molecule has 6 bridgehead atoms. The fourth-order valence-corrected chi connectivity index (χ4v) is 6.78. The van der Waals surface area contributed by atoms with Crippen molar-refractivity contribution in [1.82, 2.24) is 0 Å². The summed E-state index contributed by atoms with van der Waals surface area (Å²) in [6, 6.07) is 24.6. The highest BCUT2D eigenvalue weighted by Gasteiger charge is 2.16. The van der Waals surface area contributed by atoms with E-state index in [0.717, 1.165) is 53.1 Å². The summed E-state index contributed by atoms with van der Waals surface area (Å²) in [7, 11) is 1.63. The lowest BCUT2D eigenvalue weighted by atomic mass is 9.96. The summed E-state index contributed by atoms with van der Waals surface area (Å²) in [5, 5.41) is 12.6. The molecule has 4 aromatic carbocycles. The van der Waals surface area contributed by atoms with Crippen LogP contribution in [0.3, 0.4) is 0 Å². The lowest BCUT2D eigenvalue weighted by Crippen LogP contribution is -2.16. The van der Waals surface area contributed by atoms with Gasteiger partial charge in [-0.3, -0.25) is 4.79 Å². The van der Waals surface area contributed by atoms with Crippen LogP contribution in [0.25, 0.3) is 10.8 Å². The molecule has 0 unspecified atom stereocenters. The second-order valence-corrected chi connectivity index (χ2v) is 13.4. The Bertz CT molecular complexity index is 1730. The smallest absolute Gasteiger partial charge is 0.161 e. The highest BCUT2D eigenvalue weighted by Crippen LogP contribution is 2.32. The van der Waals surface area contributed by atoms with Gasteiger partial charge in [0, 0.05) is 24.8 Å². The Morgan fingerprint density at radius 2 is 1.59 bits per heavy atom. The number of benzene rings is 4. The number of rotatable bonds is 13. The summed E-state index contributed by atoms with van der Waals surface area (Å²) < 4.78 is 17.8. The minimum absolute atomic E-state index is 0.167. The number of aryl methyl sites for hydroxylation is 3. The Labute approximate surface area is 293 Å². The highest BCUT2D eigenvalue weighted by atomic mass is 16.5. The van der Waals surface area contributed by atoms with Crippen molar-refractivity contribution in [2.45, 2.75) is 116 Å². The van der Waals surface area contributed by atoms with Crippen molar-refractivity contribution < 1.29 is 24.1 Å². The maximum Gasteiger partial charge on any atom is 0.161 e. The lowest BCUT2D eigenvalue weighted by Gasteiger charge is -2.15. The van der Waals surface area contributed by atoms with Crippen LogP contribution in [-0.4, -0.2) is 24.1 Å². The van der Waals surface area contributed by atoms with E-state index in [1.807, 2.05) is 36.4 Å². The standard InChI is InChI=1S/C44H52O5/c1-3-4-8-14-35-16-11-12-17-36(35)15-9-6-5-7-10-18-39-31-38(45)24-20-33-22-27-43(47-2)44(30-33)49-32-34-21-25-40-37(29-34)23-26-42(46)41(40)19-13-28-48-39/h11-12,16-17,21-23,25-27,29-30,39,46H,3-10,14-15,18-20,24,31-32H2,1-2H3/t39-/m0/s1. The van der Waals surface area contributed by atoms with E-state index in [-0.39, 0.29) is 17.6 Å². The number of unbranched alkanes of at least 4 members (excludes halogenated alkanes) is 6. The van der Waals surface area contributed by atoms with Crippen molar-refractivity contribution in [3.63, 3.8) is 0 Å². The lowest BCUT2D eigenvalue weighted by molar-refractivity contribution is -0.121. The van der Waals surface area contributed by atoms with Crippen LogP contribution in [0.1, 0.15) is 105 Å². The highest BCUT2D eigenvalue weighted by molar-refractivity contribution is 5.88. The van der Waals surface area contributed by atoms with E-state index in [9.17, 15) is 9.90 Å². The number of Topliss-reactive ketones (excluding diaryl/α,β-unsaturated/α-hetero) is 1. The third-order valence-electron chi connectivity index (χ3n) is 9.64. The van der Waals surface area contributed by atoms with Gasteiger partial charge < -0.3 is 19.3 Å². The molecule has 49 heavy (non-hydrogen) atoms. The van der Waals surface area contributed by atoms with E-state index in [0.29, 0.717) is 43.8 Å². The number of aromatic hydroxyl groups is 1. The number of carbonyl (C=O) groups is 1. The molecule has 2 aliphatic rings. The molecule has 0 saturated carbocycles. The maximum absolute atomic E-state index is 13.2. The monoisotopic (exact) mass is 660 g/mol. The van der Waals surface area contributed by atoms with Crippen molar-refractivity contribution in [2.75, 3.05) is 7.11 Å². The quantitative estimate of drug-likeness (QED) is 0.114. The maximum atomic E-state index is 13.2. The van der Waals surface area contributed by atoms with Gasteiger partial charge in [-0.1, -0.05) is 93.5 Å². The van der Waals surface area contributed by atoms with E-state index < -0.39 is 0 Å². The van der Waals surface area contributed by atoms with Gasteiger partial charge in [0.15, 0.2) is 11.5 Å². The minimum atomic E-state index is -0.254. The van der Waals surface area contributed by atoms with Crippen LogP contribution in [0.4, 0.5) is 0 Å². The second-order valence-electron chi connectivity index (χ2n) is 13.4. The van der Waals surface area contributed by atoms with Crippen molar-refractivity contribution in [2.24, 2.45) is 0 Å². The summed E-state index contributed by atoms with van der Waals surface area (Å²) in [5.41, 5.74) is 5.83. The van der Waals surface area contributed by atoms with Gasteiger partial charge in [0.2, 0.25) is 0 Å². The molecule has 1 atom stereocenters. The number of ketones is 1. The van der Waals surface area contributed by atoms with Crippen molar-refractivity contribution in [3.8, 4) is 29.3 Å². The van der Waals surface area contributed by atoms with Crippen LogP contribution in [-0.2, 0) is 41.8 Å². The molecule has 2 heterocycles. The number of methoxy groups -OCH3 is 1. The predicted molar refractivity (Wildman–Crippen MR) is 198 cm³/mol. The predicted octanol–water partition coefficient (Wildman–Crippen LogP) is 10.2. The van der Waals surface area contributed by atoms with Crippen LogP contribution in [0.5, 0.6) is 17.2 Å². The van der Waals surface area contributed by atoms with Crippen LogP contribution in [0.15, 0.2) is 72.8 Å². The Morgan fingerprint density at radius 3 is 2.39 bits per heavy atom. The Morgan fingerprint density at radius 1 is 0.837 bits per heavy atom. The zero-order valence-corrected chi connectivity index (χ0v) is 29.4. The fraction of sp³-hybridized carbons (Fsp3) is 0.432. The number of phenolic OH excluding ortho intramolecular Hbond substituents is 1. The molecule has 0 radical (unpaired) electrons. The Hall–Kier alpha value is -4.43. The van der Waals surface area contributed by atoms with Gasteiger partial charge in [-0.15, -0.1) is 0 Å². The van der Waals surface area contributed by atoms with Crippen molar-refractivity contribution >= 4 is 16.6 Å². The average Bonchev–Trinajstić information content (AvgIpc) is 3.12. The SMILES string of the molecule is CCCCCc1ccccc1CCCCCCC[C@H]1CC(=O)CCc2ccc(OC)c(c2)OCc2ccc3c(c(O)ccc3c2)CC#CO1. The second kappa shape index (κ2) is 18.9. The molecule has 4 aromatic rings. The fourth-order valence-electron chi connectivity index (χ4n) is 6.78. The molecule has 0 aromatic heterocycles. The van der Waals surface area contributed by atoms with E-state index in [2.05, 4.69) is 49.3 Å². The summed E-state index contributed by atoms with van der Waals surface area (Å²) in [5.74, 6) is 4.82. The van der Waals surface area contributed by atoms with E-state index in [1.54, 1.807) is 13.2 Å². The molecule has 0 amide bonds. The molecular formula is C44H52O5. The third kappa shape index (κ3) is 10.8. The van der Waals surface area contributed by atoms with E-state index in [1.165, 1.54) is 56.1 Å². The molecular weight excluding hydrogens is 608 g/mol. The molecule has 6 rings (SSSR count). The van der Waals surface area contributed by atoms with Gasteiger partial charge in [0.1, 0.15) is 30.4 Å². The number of phenols is 1. The topological polar surface area (TPSA) is 65.0 Å². The summed E-state index contributed by atoms with van der Waals surface area (Å²) in [6.07, 6.45) is 17.0. The van der Waals surface area contributed by atoms with Crippen LogP contribution in [0, 0.1) is 12.0 Å². The number of hydrogen-bond acceptors (Lipinski definition) is 5. The van der Waals surface area contributed by atoms with Crippen LogP contribution >= 0.6 is 0 Å². The van der Waals surface area contributed by atoms with Gasteiger partial charge in [-0.2, -0.15) is 0 Å². The van der Waals surface area contributed by atoms with Crippen LogP contribution < -0.4 is 9.47 Å². The summed E-state index contributed by atoms with van der Waals surface area (Å²) in [6.45, 7) is 2.63. The molecule has 0 saturated heterocycles. The molecule has 5 nitrogen and oxygen atoms in total. The van der Waals surface area contributed by atoms with Gasteiger partial charge in [-0.25, -0.2) is 0 Å². The van der Waals surface area contributed by atoms with E-state index in [4.69, 9.17) is 14.2 Å². The van der Waals surface area contributed by atoms with Gasteiger partial charge in [0.25, 0.3) is 0 Å². The first kappa shape index (κ1) is 35.9. The first-order valence-electron chi connectivity index (χ1n) is 18.3. The zero-order chi connectivity index (χ0) is 34.3. The van der Waals surface area contributed by atoms with Crippen molar-refractivity contribution in [3.05, 3.63) is 101 Å². The first-order chi connectivity index (χ1) is 24.0. The summed E-state index contributed by atoms with van der Waals surface area (Å²) in [4.78, 5) is 13.2. The van der Waals surface area contributed by atoms with Crippen molar-refractivity contribution in [1.29, 1.82) is 0 Å². The molecule has 0 spiro atoms.